The molecule has 0 radical (unpaired) electrons. The van der Waals surface area contributed by atoms with E-state index >= 15 is 0 Å². The first-order valence-electron chi connectivity index (χ1n) is 10.4. The first-order chi connectivity index (χ1) is 14.2. The number of anilines is 1. The van der Waals surface area contributed by atoms with Crippen molar-refractivity contribution in [3.8, 4) is 0 Å². The summed E-state index contributed by atoms with van der Waals surface area (Å²) in [6, 6.07) is 12.2. The van der Waals surface area contributed by atoms with E-state index in [9.17, 15) is 4.79 Å². The number of benzene rings is 1. The second kappa shape index (κ2) is 10.9. The Hall–Kier alpha value is -2.54. The summed E-state index contributed by atoms with van der Waals surface area (Å²) in [6.07, 6.45) is 2.18. The summed E-state index contributed by atoms with van der Waals surface area (Å²) in [7, 11) is 0. The van der Waals surface area contributed by atoms with Gasteiger partial charge in [-0.1, -0.05) is 25.1 Å². The van der Waals surface area contributed by atoms with E-state index < -0.39 is 0 Å². The first-order valence-corrected chi connectivity index (χ1v) is 11.2. The Labute approximate surface area is 177 Å². The molecule has 29 heavy (non-hydrogen) atoms. The zero-order valence-electron chi connectivity index (χ0n) is 17.3. The number of amides is 2. The van der Waals surface area contributed by atoms with Crippen molar-refractivity contribution in [1.29, 1.82) is 0 Å². The Kier molecular flexibility index (Phi) is 7.93. The maximum absolute atomic E-state index is 12.3. The molecule has 6 nitrogen and oxygen atoms in total. The van der Waals surface area contributed by atoms with Gasteiger partial charge in [-0.2, -0.15) is 0 Å². The number of thiophene rings is 1. The highest BCUT2D eigenvalue weighted by Gasteiger charge is 2.17. The minimum atomic E-state index is -0.0132. The summed E-state index contributed by atoms with van der Waals surface area (Å²) < 4.78 is 0. The molecule has 1 fully saturated rings. The van der Waals surface area contributed by atoms with E-state index in [0.717, 1.165) is 56.2 Å². The van der Waals surface area contributed by atoms with Crippen LogP contribution in [0.25, 0.3) is 0 Å². The van der Waals surface area contributed by atoms with Crippen LogP contribution < -0.4 is 16.0 Å². The number of hydrogen-bond acceptors (Lipinski definition) is 3. The molecule has 1 unspecified atom stereocenters. The Balaban J connectivity index is 1.56. The number of hydrogen-bond donors (Lipinski definition) is 3. The molecule has 1 aromatic carbocycles. The van der Waals surface area contributed by atoms with E-state index in [1.807, 2.05) is 29.2 Å². The predicted octanol–water partition coefficient (Wildman–Crippen LogP) is 4.23. The van der Waals surface area contributed by atoms with Crippen LogP contribution in [0.1, 0.15) is 43.0 Å². The van der Waals surface area contributed by atoms with Gasteiger partial charge < -0.3 is 20.9 Å². The molecule has 2 heterocycles. The molecule has 0 saturated carbocycles. The summed E-state index contributed by atoms with van der Waals surface area (Å²) in [4.78, 5) is 20.2. The number of guanidine groups is 1. The molecule has 1 saturated heterocycles. The Morgan fingerprint density at radius 1 is 1.21 bits per heavy atom. The van der Waals surface area contributed by atoms with Gasteiger partial charge in [-0.15, -0.1) is 11.3 Å². The maximum atomic E-state index is 12.3. The van der Waals surface area contributed by atoms with Gasteiger partial charge >= 0.3 is 6.03 Å². The smallest absolute Gasteiger partial charge is 0.321 e. The quantitative estimate of drug-likeness (QED) is 0.470. The fourth-order valence-electron chi connectivity index (χ4n) is 3.30. The fourth-order valence-corrected chi connectivity index (χ4v) is 4.09. The SMILES string of the molecule is CCNC(=NCc1cccc(NC(=O)N2CCCC2)c1)NCC(C)c1cccs1. The largest absolute Gasteiger partial charge is 0.357 e. The molecule has 0 bridgehead atoms. The van der Waals surface area contributed by atoms with Gasteiger partial charge in [-0.25, -0.2) is 9.79 Å². The van der Waals surface area contributed by atoms with Crippen LogP contribution in [0.2, 0.25) is 0 Å². The van der Waals surface area contributed by atoms with Crippen molar-refractivity contribution in [3.63, 3.8) is 0 Å². The van der Waals surface area contributed by atoms with Crippen LogP contribution in [-0.2, 0) is 6.54 Å². The molecule has 3 rings (SSSR count). The van der Waals surface area contributed by atoms with Gasteiger partial charge in [0.1, 0.15) is 0 Å². The minimum Gasteiger partial charge on any atom is -0.357 e. The third-order valence-electron chi connectivity index (χ3n) is 4.94. The van der Waals surface area contributed by atoms with E-state index in [1.165, 1.54) is 4.88 Å². The Bertz CT molecular complexity index is 799. The standard InChI is InChI=1S/C22H31N5OS/c1-3-23-21(24-15-17(2)20-10-7-13-29-20)25-16-18-8-6-9-19(14-18)26-22(28)27-11-4-5-12-27/h6-10,13-14,17H,3-5,11-12,15-16H2,1-2H3,(H,26,28)(H2,23,24,25). The maximum Gasteiger partial charge on any atom is 0.321 e. The minimum absolute atomic E-state index is 0.0132. The number of likely N-dealkylation sites (tertiary alicyclic amines) is 1. The highest BCUT2D eigenvalue weighted by atomic mass is 32.1. The average molecular weight is 414 g/mol. The number of nitrogens with one attached hydrogen (secondary N) is 3. The van der Waals surface area contributed by atoms with Crippen molar-refractivity contribution in [2.75, 3.05) is 31.5 Å². The molecule has 3 N–H and O–H groups in total. The zero-order valence-corrected chi connectivity index (χ0v) is 18.1. The number of aliphatic imine (C=N–C) groups is 1. The van der Waals surface area contributed by atoms with Crippen molar-refractivity contribution < 1.29 is 4.79 Å². The van der Waals surface area contributed by atoms with Gasteiger partial charge in [-0.05, 0) is 48.9 Å². The molecule has 2 amide bonds. The number of carbonyl (C=O) groups is 1. The van der Waals surface area contributed by atoms with Crippen LogP contribution in [0.5, 0.6) is 0 Å². The van der Waals surface area contributed by atoms with Crippen molar-refractivity contribution in [3.05, 3.63) is 52.2 Å². The van der Waals surface area contributed by atoms with Crippen molar-refractivity contribution >= 4 is 29.0 Å². The molecule has 7 heteroatoms. The van der Waals surface area contributed by atoms with Crippen LogP contribution in [-0.4, -0.2) is 43.1 Å². The van der Waals surface area contributed by atoms with Gasteiger partial charge in [0.25, 0.3) is 0 Å². The van der Waals surface area contributed by atoms with Gasteiger partial charge in [0.2, 0.25) is 0 Å². The third-order valence-corrected chi connectivity index (χ3v) is 6.04. The van der Waals surface area contributed by atoms with Crippen molar-refractivity contribution in [2.45, 2.75) is 39.2 Å². The lowest BCUT2D eigenvalue weighted by molar-refractivity contribution is 0.222. The normalized spacial score (nSPS) is 15.2. The second-order valence-corrected chi connectivity index (χ2v) is 8.30. The van der Waals surface area contributed by atoms with Crippen LogP contribution in [0.4, 0.5) is 10.5 Å². The highest BCUT2D eigenvalue weighted by molar-refractivity contribution is 7.10. The van der Waals surface area contributed by atoms with E-state index in [4.69, 9.17) is 4.99 Å². The lowest BCUT2D eigenvalue weighted by Gasteiger charge is -2.16. The van der Waals surface area contributed by atoms with Gasteiger partial charge in [0, 0.05) is 42.7 Å². The number of rotatable bonds is 7. The van der Waals surface area contributed by atoms with Gasteiger partial charge in [0.15, 0.2) is 5.96 Å². The zero-order chi connectivity index (χ0) is 20.5. The fraction of sp³-hybridized carbons (Fsp3) is 0.455. The molecule has 0 aliphatic carbocycles. The lowest BCUT2D eigenvalue weighted by Crippen LogP contribution is -2.39. The van der Waals surface area contributed by atoms with Crippen molar-refractivity contribution in [2.24, 2.45) is 4.99 Å². The topological polar surface area (TPSA) is 68.8 Å². The molecular weight excluding hydrogens is 382 g/mol. The summed E-state index contributed by atoms with van der Waals surface area (Å²) in [6.45, 7) is 8.16. The molecule has 2 aromatic rings. The van der Waals surface area contributed by atoms with Crippen molar-refractivity contribution in [1.82, 2.24) is 15.5 Å². The molecular formula is C22H31N5OS. The summed E-state index contributed by atoms with van der Waals surface area (Å²) >= 11 is 1.78. The summed E-state index contributed by atoms with van der Waals surface area (Å²) in [5, 5.41) is 11.8. The highest BCUT2D eigenvalue weighted by Crippen LogP contribution is 2.19. The lowest BCUT2D eigenvalue weighted by atomic mass is 10.1. The van der Waals surface area contributed by atoms with Crippen LogP contribution in [0.15, 0.2) is 46.8 Å². The molecule has 1 atom stereocenters. The summed E-state index contributed by atoms with van der Waals surface area (Å²) in [5.74, 6) is 1.24. The van der Waals surface area contributed by atoms with E-state index in [1.54, 1.807) is 11.3 Å². The number of urea groups is 1. The molecule has 0 spiro atoms. The van der Waals surface area contributed by atoms with E-state index in [-0.39, 0.29) is 6.03 Å². The molecule has 156 valence electrons. The second-order valence-electron chi connectivity index (χ2n) is 7.32. The Morgan fingerprint density at radius 2 is 2.03 bits per heavy atom. The van der Waals surface area contributed by atoms with E-state index in [0.29, 0.717) is 12.5 Å². The average Bonchev–Trinajstić information content (AvgIpc) is 3.44. The van der Waals surface area contributed by atoms with Gasteiger partial charge in [0.05, 0.1) is 6.54 Å². The van der Waals surface area contributed by atoms with Crippen LogP contribution in [0.3, 0.4) is 0 Å². The van der Waals surface area contributed by atoms with Crippen LogP contribution >= 0.6 is 11.3 Å². The molecule has 1 aromatic heterocycles. The number of carbonyl (C=O) groups excluding carboxylic acids is 1. The predicted molar refractivity (Wildman–Crippen MR) is 122 cm³/mol. The monoisotopic (exact) mass is 413 g/mol. The molecule has 1 aliphatic rings. The van der Waals surface area contributed by atoms with Gasteiger partial charge in [-0.3, -0.25) is 0 Å². The first kappa shape index (κ1) is 21.2. The third kappa shape index (κ3) is 6.49. The van der Waals surface area contributed by atoms with E-state index in [2.05, 4.69) is 47.3 Å². The van der Waals surface area contributed by atoms with Crippen LogP contribution in [0, 0.1) is 0 Å². The Morgan fingerprint density at radius 3 is 2.76 bits per heavy atom. The number of nitrogens with zero attached hydrogens (tertiary/aromatic N) is 2. The summed E-state index contributed by atoms with van der Waals surface area (Å²) in [5.41, 5.74) is 1.88. The molecule has 1 aliphatic heterocycles.